The summed E-state index contributed by atoms with van der Waals surface area (Å²) in [5.74, 6) is -0.199. The molecule has 8 nitrogen and oxygen atoms in total. The number of aromatic nitrogens is 2. The zero-order valence-corrected chi connectivity index (χ0v) is 16.9. The first kappa shape index (κ1) is 19.6. The van der Waals surface area contributed by atoms with Crippen LogP contribution in [-0.2, 0) is 10.0 Å². The minimum absolute atomic E-state index is 0.161. The van der Waals surface area contributed by atoms with E-state index < -0.39 is 15.9 Å². The number of ether oxygens (including phenoxy) is 1. The van der Waals surface area contributed by atoms with Crippen LogP contribution in [0, 0.1) is 6.92 Å². The lowest BCUT2D eigenvalue weighted by atomic mass is 10.0. The molecular weight excluding hydrogens is 406 g/mol. The summed E-state index contributed by atoms with van der Waals surface area (Å²) in [6.07, 6.45) is 1.12. The Morgan fingerprint density at radius 3 is 2.60 bits per heavy atom. The first-order chi connectivity index (χ1) is 14.4. The number of nitrogens with zero attached hydrogens (tertiary/aromatic N) is 2. The van der Waals surface area contributed by atoms with Crippen molar-refractivity contribution < 1.29 is 22.5 Å². The number of rotatable bonds is 5. The largest absolute Gasteiger partial charge is 0.496 e. The van der Waals surface area contributed by atoms with Crippen molar-refractivity contribution in [1.82, 2.24) is 14.9 Å². The first-order valence-corrected chi connectivity index (χ1v) is 10.4. The van der Waals surface area contributed by atoms with Crippen molar-refractivity contribution in [3.63, 3.8) is 0 Å². The monoisotopic (exact) mass is 423 g/mol. The number of benzene rings is 2. The van der Waals surface area contributed by atoms with Crippen molar-refractivity contribution >= 4 is 27.0 Å². The molecule has 0 aliphatic heterocycles. The van der Waals surface area contributed by atoms with Crippen LogP contribution in [0.1, 0.15) is 16.1 Å². The van der Waals surface area contributed by atoms with Gasteiger partial charge in [0.15, 0.2) is 0 Å². The van der Waals surface area contributed by atoms with E-state index in [1.165, 1.54) is 19.2 Å². The van der Waals surface area contributed by atoms with E-state index in [1.807, 2.05) is 30.3 Å². The Morgan fingerprint density at radius 1 is 1.10 bits per heavy atom. The molecular formula is C21H17N3O5S. The summed E-state index contributed by atoms with van der Waals surface area (Å²) in [5, 5.41) is 4.21. The number of pyridine rings is 1. The Hall–Kier alpha value is -3.72. The van der Waals surface area contributed by atoms with Crippen molar-refractivity contribution in [3.8, 4) is 16.9 Å². The van der Waals surface area contributed by atoms with Crippen molar-refractivity contribution in [3.05, 3.63) is 72.1 Å². The second-order valence-electron chi connectivity index (χ2n) is 6.51. The molecule has 152 valence electrons. The average Bonchev–Trinajstić information content (AvgIpc) is 3.14. The first-order valence-electron chi connectivity index (χ1n) is 8.91. The number of carbonyl (C=O) groups is 1. The molecule has 0 fully saturated rings. The second kappa shape index (κ2) is 7.60. The smallest absolute Gasteiger partial charge is 0.265 e. The Kier molecular flexibility index (Phi) is 4.96. The van der Waals surface area contributed by atoms with E-state index >= 15 is 0 Å². The summed E-state index contributed by atoms with van der Waals surface area (Å²) in [7, 11) is -2.62. The SMILES string of the molecule is COc1ccc(C(=O)NS(=O)(=O)c2cnc3onc(C)c3c2)cc1-c1ccccc1. The Labute approximate surface area is 172 Å². The lowest BCUT2D eigenvalue weighted by molar-refractivity contribution is 0.0981. The van der Waals surface area contributed by atoms with Gasteiger partial charge in [-0.25, -0.2) is 18.1 Å². The topological polar surface area (TPSA) is 111 Å². The molecule has 2 aromatic carbocycles. The maximum Gasteiger partial charge on any atom is 0.265 e. The van der Waals surface area contributed by atoms with Crippen LogP contribution in [0.3, 0.4) is 0 Å². The minimum atomic E-state index is -4.15. The number of amides is 1. The van der Waals surface area contributed by atoms with Crippen LogP contribution < -0.4 is 9.46 Å². The number of nitrogens with one attached hydrogen (secondary N) is 1. The Balaban J connectivity index is 1.66. The van der Waals surface area contributed by atoms with Crippen LogP contribution in [0.2, 0.25) is 0 Å². The molecule has 9 heteroatoms. The fourth-order valence-electron chi connectivity index (χ4n) is 3.01. The van der Waals surface area contributed by atoms with Gasteiger partial charge in [0.25, 0.3) is 21.6 Å². The molecule has 1 amide bonds. The fourth-order valence-corrected chi connectivity index (χ4v) is 3.95. The highest BCUT2D eigenvalue weighted by Crippen LogP contribution is 2.31. The van der Waals surface area contributed by atoms with Crippen molar-refractivity contribution in [1.29, 1.82) is 0 Å². The molecule has 0 aliphatic rings. The third-order valence-electron chi connectivity index (χ3n) is 4.57. The second-order valence-corrected chi connectivity index (χ2v) is 8.19. The summed E-state index contributed by atoms with van der Waals surface area (Å²) < 4.78 is 37.9. The van der Waals surface area contributed by atoms with Gasteiger partial charge in [0.05, 0.1) is 24.4 Å². The Morgan fingerprint density at radius 2 is 1.87 bits per heavy atom. The van der Waals surface area contributed by atoms with Gasteiger partial charge in [-0.05, 0) is 36.8 Å². The van der Waals surface area contributed by atoms with Gasteiger partial charge in [-0.1, -0.05) is 35.5 Å². The maximum atomic E-state index is 12.7. The Bertz CT molecular complexity index is 1350. The van der Waals surface area contributed by atoms with E-state index in [0.29, 0.717) is 22.4 Å². The maximum absolute atomic E-state index is 12.7. The van der Waals surface area contributed by atoms with Crippen molar-refractivity contribution in [2.75, 3.05) is 7.11 Å². The molecule has 0 unspecified atom stereocenters. The minimum Gasteiger partial charge on any atom is -0.496 e. The molecule has 0 saturated heterocycles. The van der Waals surface area contributed by atoms with Gasteiger partial charge in [-0.15, -0.1) is 0 Å². The predicted octanol–water partition coefficient (Wildman–Crippen LogP) is 3.33. The third-order valence-corrected chi connectivity index (χ3v) is 5.87. The normalized spacial score (nSPS) is 11.4. The summed E-state index contributed by atoms with van der Waals surface area (Å²) in [5.41, 5.74) is 2.41. The highest BCUT2D eigenvalue weighted by molar-refractivity contribution is 7.90. The lowest BCUT2D eigenvalue weighted by Crippen LogP contribution is -2.30. The molecule has 0 bridgehead atoms. The van der Waals surface area contributed by atoms with Gasteiger partial charge < -0.3 is 9.26 Å². The van der Waals surface area contributed by atoms with Crippen LogP contribution in [-0.4, -0.2) is 31.6 Å². The predicted molar refractivity (Wildman–Crippen MR) is 110 cm³/mol. The van der Waals surface area contributed by atoms with Gasteiger partial charge >= 0.3 is 0 Å². The number of hydrogen-bond donors (Lipinski definition) is 1. The summed E-state index contributed by atoms with van der Waals surface area (Å²) in [6, 6.07) is 15.4. The van der Waals surface area contributed by atoms with Gasteiger partial charge in [-0.2, -0.15) is 0 Å². The quantitative estimate of drug-likeness (QED) is 0.524. The van der Waals surface area contributed by atoms with Gasteiger partial charge in [-0.3, -0.25) is 4.79 Å². The number of hydrogen-bond acceptors (Lipinski definition) is 7. The van der Waals surface area contributed by atoms with E-state index in [-0.39, 0.29) is 16.2 Å². The number of sulfonamides is 1. The number of aryl methyl sites for hydroxylation is 1. The molecule has 0 saturated carbocycles. The number of fused-ring (bicyclic) bond motifs is 1. The molecule has 1 N–H and O–H groups in total. The van der Waals surface area contributed by atoms with Crippen LogP contribution in [0.15, 0.2) is 70.2 Å². The fraction of sp³-hybridized carbons (Fsp3) is 0.0952. The summed E-state index contributed by atoms with van der Waals surface area (Å²) in [6.45, 7) is 1.67. The van der Waals surface area contributed by atoms with Gasteiger partial charge in [0.2, 0.25) is 0 Å². The van der Waals surface area contributed by atoms with Crippen molar-refractivity contribution in [2.24, 2.45) is 0 Å². The summed E-state index contributed by atoms with van der Waals surface area (Å²) >= 11 is 0. The molecule has 2 heterocycles. The van der Waals surface area contributed by atoms with Crippen molar-refractivity contribution in [2.45, 2.75) is 11.8 Å². The molecule has 4 rings (SSSR count). The van der Waals surface area contributed by atoms with E-state index in [4.69, 9.17) is 9.26 Å². The average molecular weight is 423 g/mol. The van der Waals surface area contributed by atoms with E-state index in [9.17, 15) is 13.2 Å². The lowest BCUT2D eigenvalue weighted by Gasteiger charge is -2.12. The van der Waals surface area contributed by atoms with Gasteiger partial charge in [0.1, 0.15) is 10.6 Å². The zero-order valence-electron chi connectivity index (χ0n) is 16.1. The van der Waals surface area contributed by atoms with Gasteiger partial charge in [0, 0.05) is 11.1 Å². The molecule has 2 aromatic heterocycles. The number of methoxy groups -OCH3 is 1. The summed E-state index contributed by atoms with van der Waals surface area (Å²) in [4.78, 5) is 16.5. The molecule has 0 atom stereocenters. The van der Waals surface area contributed by atoms with Crippen LogP contribution >= 0.6 is 0 Å². The van der Waals surface area contributed by atoms with Crippen LogP contribution in [0.5, 0.6) is 5.75 Å². The molecule has 0 radical (unpaired) electrons. The highest BCUT2D eigenvalue weighted by Gasteiger charge is 2.22. The third kappa shape index (κ3) is 3.62. The van der Waals surface area contributed by atoms with E-state index in [2.05, 4.69) is 14.9 Å². The van der Waals surface area contributed by atoms with Crippen LogP contribution in [0.4, 0.5) is 0 Å². The van der Waals surface area contributed by atoms with Crippen LogP contribution in [0.25, 0.3) is 22.2 Å². The molecule has 4 aromatic rings. The highest BCUT2D eigenvalue weighted by atomic mass is 32.2. The van der Waals surface area contributed by atoms with E-state index in [1.54, 1.807) is 19.1 Å². The zero-order chi connectivity index (χ0) is 21.3. The van der Waals surface area contributed by atoms with E-state index in [0.717, 1.165) is 11.8 Å². The molecule has 30 heavy (non-hydrogen) atoms. The molecule has 0 aliphatic carbocycles. The standard InChI is InChI=1S/C21H17N3O5S/c1-13-17-11-16(12-22-21(17)29-23-13)30(26,27)24-20(25)15-8-9-19(28-2)18(10-15)14-6-4-3-5-7-14/h3-12H,1-2H3,(H,24,25). The molecule has 0 spiro atoms. The number of carbonyl (C=O) groups excluding carboxylic acids is 1.